The van der Waals surface area contributed by atoms with Crippen molar-refractivity contribution in [3.8, 4) is 0 Å². The molecule has 0 radical (unpaired) electrons. The molecule has 1 aliphatic rings. The van der Waals surface area contributed by atoms with E-state index in [2.05, 4.69) is 5.32 Å². The topological polar surface area (TPSA) is 58.6 Å². The summed E-state index contributed by atoms with van der Waals surface area (Å²) >= 11 is 0. The molecule has 2 amide bonds. The van der Waals surface area contributed by atoms with Crippen LogP contribution >= 0.6 is 0 Å². The van der Waals surface area contributed by atoms with Gasteiger partial charge in [-0.2, -0.15) is 0 Å². The normalized spacial score (nSPS) is 20.6. The molecule has 1 aliphatic heterocycles. The number of hydrogen-bond acceptors (Lipinski definition) is 3. The van der Waals surface area contributed by atoms with Gasteiger partial charge in [0, 0.05) is 13.2 Å². The summed E-state index contributed by atoms with van der Waals surface area (Å²) in [5.41, 5.74) is 0. The predicted molar refractivity (Wildman–Crippen MR) is 64.5 cm³/mol. The number of amides is 2. The highest BCUT2D eigenvalue weighted by Gasteiger charge is 2.31. The lowest BCUT2D eigenvalue weighted by Gasteiger charge is -2.32. The Hall–Kier alpha value is -1.10. The Morgan fingerprint density at radius 1 is 1.29 bits per heavy atom. The van der Waals surface area contributed by atoms with Gasteiger partial charge in [-0.25, -0.2) is 0 Å². The molecule has 1 heterocycles. The van der Waals surface area contributed by atoms with Gasteiger partial charge in [-0.05, 0) is 12.8 Å². The van der Waals surface area contributed by atoms with Crippen LogP contribution in [0.15, 0.2) is 0 Å². The smallest absolute Gasteiger partial charge is 0.245 e. The predicted octanol–water partition coefficient (Wildman–Crippen LogP) is 0.540. The molecule has 1 fully saturated rings. The largest absolute Gasteiger partial charge is 0.380 e. The molecule has 0 aromatic rings. The molecule has 0 aromatic heterocycles. The van der Waals surface area contributed by atoms with Crippen LogP contribution in [-0.2, 0) is 14.3 Å². The first-order valence-electron chi connectivity index (χ1n) is 6.35. The highest BCUT2D eigenvalue weighted by Crippen LogP contribution is 2.07. The van der Waals surface area contributed by atoms with Crippen LogP contribution in [-0.4, -0.2) is 49.1 Å². The molecule has 1 rings (SSSR count). The van der Waals surface area contributed by atoms with Gasteiger partial charge in [-0.3, -0.25) is 9.59 Å². The molecule has 98 valence electrons. The number of piperazine rings is 1. The summed E-state index contributed by atoms with van der Waals surface area (Å²) in [6.45, 7) is 5.92. The molecule has 0 saturated carbocycles. The van der Waals surface area contributed by atoms with Crippen LogP contribution in [0.1, 0.15) is 33.1 Å². The van der Waals surface area contributed by atoms with Crippen molar-refractivity contribution in [2.75, 3.05) is 26.3 Å². The van der Waals surface area contributed by atoms with E-state index in [4.69, 9.17) is 4.74 Å². The number of nitrogens with one attached hydrogen (secondary N) is 1. The van der Waals surface area contributed by atoms with Crippen molar-refractivity contribution in [3.05, 3.63) is 0 Å². The third kappa shape index (κ3) is 4.34. The van der Waals surface area contributed by atoms with Gasteiger partial charge in [0.25, 0.3) is 0 Å². The maximum Gasteiger partial charge on any atom is 0.245 e. The van der Waals surface area contributed by atoms with Gasteiger partial charge in [-0.15, -0.1) is 0 Å². The van der Waals surface area contributed by atoms with Crippen molar-refractivity contribution >= 4 is 11.8 Å². The Bertz CT molecular complexity index is 268. The molecule has 0 aromatic carbocycles. The van der Waals surface area contributed by atoms with E-state index in [0.717, 1.165) is 12.8 Å². The summed E-state index contributed by atoms with van der Waals surface area (Å²) in [6.07, 6.45) is 2.56. The highest BCUT2D eigenvalue weighted by molar-refractivity contribution is 5.94. The second-order valence-electron chi connectivity index (χ2n) is 4.28. The lowest BCUT2D eigenvalue weighted by Crippen LogP contribution is -2.58. The van der Waals surface area contributed by atoms with Crippen LogP contribution in [0.25, 0.3) is 0 Å². The van der Waals surface area contributed by atoms with Crippen LogP contribution in [0.3, 0.4) is 0 Å². The van der Waals surface area contributed by atoms with Crippen molar-refractivity contribution in [1.82, 2.24) is 10.2 Å². The Kier molecular flexibility index (Phi) is 5.97. The number of carbonyl (C=O) groups is 2. The minimum atomic E-state index is -0.340. The molecular weight excluding hydrogens is 220 g/mol. The zero-order valence-corrected chi connectivity index (χ0v) is 10.7. The summed E-state index contributed by atoms with van der Waals surface area (Å²) in [5.74, 6) is -0.0508. The first-order chi connectivity index (χ1) is 8.19. The van der Waals surface area contributed by atoms with Gasteiger partial charge in [0.05, 0.1) is 13.2 Å². The van der Waals surface area contributed by atoms with E-state index in [1.165, 1.54) is 0 Å². The van der Waals surface area contributed by atoms with E-state index >= 15 is 0 Å². The van der Waals surface area contributed by atoms with Crippen molar-refractivity contribution in [3.63, 3.8) is 0 Å². The third-order valence-electron chi connectivity index (χ3n) is 2.71. The molecule has 1 saturated heterocycles. The maximum absolute atomic E-state index is 12.0. The fraction of sp³-hybridized carbons (Fsp3) is 0.833. The Morgan fingerprint density at radius 3 is 2.71 bits per heavy atom. The van der Waals surface area contributed by atoms with Gasteiger partial charge < -0.3 is 15.0 Å². The second kappa shape index (κ2) is 7.27. The van der Waals surface area contributed by atoms with E-state index in [1.807, 2.05) is 13.8 Å². The molecule has 1 unspecified atom stereocenters. The second-order valence-corrected chi connectivity index (χ2v) is 4.28. The average molecular weight is 242 g/mol. The maximum atomic E-state index is 12.0. The summed E-state index contributed by atoms with van der Waals surface area (Å²) < 4.78 is 5.34. The van der Waals surface area contributed by atoms with Gasteiger partial charge >= 0.3 is 0 Å². The minimum absolute atomic E-state index is 0.0200. The number of ether oxygens (including phenoxy) is 1. The highest BCUT2D eigenvalue weighted by atomic mass is 16.5. The fourth-order valence-corrected chi connectivity index (χ4v) is 1.87. The van der Waals surface area contributed by atoms with Crippen molar-refractivity contribution < 1.29 is 14.3 Å². The number of nitrogens with zero attached hydrogens (tertiary/aromatic N) is 1. The van der Waals surface area contributed by atoms with Crippen molar-refractivity contribution in [2.45, 2.75) is 39.2 Å². The van der Waals surface area contributed by atoms with Crippen molar-refractivity contribution in [1.29, 1.82) is 0 Å². The molecular formula is C12H22N2O3. The standard InChI is InChI=1S/C12H22N2O3/c1-3-5-10-12(16)14(9-11(15)13-10)6-8-17-7-4-2/h10H,3-9H2,1-2H3,(H,13,15). The van der Waals surface area contributed by atoms with Crippen LogP contribution < -0.4 is 5.32 Å². The molecule has 0 bridgehead atoms. The molecule has 5 nitrogen and oxygen atoms in total. The first-order valence-corrected chi connectivity index (χ1v) is 6.35. The monoisotopic (exact) mass is 242 g/mol. The van der Waals surface area contributed by atoms with Crippen LogP contribution in [0.2, 0.25) is 0 Å². The Labute approximate surface area is 102 Å². The SMILES string of the molecule is CCCOCCN1CC(=O)NC(CCC)C1=O. The Balaban J connectivity index is 2.41. The van der Waals surface area contributed by atoms with Crippen molar-refractivity contribution in [2.24, 2.45) is 0 Å². The van der Waals surface area contributed by atoms with E-state index < -0.39 is 0 Å². The lowest BCUT2D eigenvalue weighted by atomic mass is 10.1. The quantitative estimate of drug-likeness (QED) is 0.663. The van der Waals surface area contributed by atoms with Crippen LogP contribution in [0.5, 0.6) is 0 Å². The summed E-state index contributed by atoms with van der Waals surface area (Å²) in [4.78, 5) is 25.0. The molecule has 17 heavy (non-hydrogen) atoms. The van der Waals surface area contributed by atoms with Crippen LogP contribution in [0, 0.1) is 0 Å². The summed E-state index contributed by atoms with van der Waals surface area (Å²) in [5, 5.41) is 2.73. The molecule has 5 heteroatoms. The zero-order valence-electron chi connectivity index (χ0n) is 10.7. The minimum Gasteiger partial charge on any atom is -0.380 e. The summed E-state index contributed by atoms with van der Waals surface area (Å²) in [7, 11) is 0. The van der Waals surface area contributed by atoms with Gasteiger partial charge in [0.1, 0.15) is 6.04 Å². The molecule has 1 atom stereocenters. The third-order valence-corrected chi connectivity index (χ3v) is 2.71. The van der Waals surface area contributed by atoms with Gasteiger partial charge in [0.2, 0.25) is 11.8 Å². The van der Waals surface area contributed by atoms with E-state index in [-0.39, 0.29) is 24.4 Å². The zero-order chi connectivity index (χ0) is 12.7. The molecule has 0 aliphatic carbocycles. The number of hydrogen-bond donors (Lipinski definition) is 1. The van der Waals surface area contributed by atoms with Gasteiger partial charge in [-0.1, -0.05) is 20.3 Å². The number of rotatable bonds is 7. The van der Waals surface area contributed by atoms with Gasteiger partial charge in [0.15, 0.2) is 0 Å². The average Bonchev–Trinajstić information content (AvgIpc) is 2.30. The van der Waals surface area contributed by atoms with E-state index in [9.17, 15) is 9.59 Å². The lowest BCUT2D eigenvalue weighted by molar-refractivity contribution is -0.145. The first kappa shape index (κ1) is 14.0. The van der Waals surface area contributed by atoms with E-state index in [0.29, 0.717) is 26.2 Å². The molecule has 0 spiro atoms. The number of carbonyl (C=O) groups excluding carboxylic acids is 2. The Morgan fingerprint density at radius 2 is 2.06 bits per heavy atom. The molecule has 1 N–H and O–H groups in total. The summed E-state index contributed by atoms with van der Waals surface area (Å²) in [6, 6.07) is -0.340. The van der Waals surface area contributed by atoms with E-state index in [1.54, 1.807) is 4.90 Å². The fourth-order valence-electron chi connectivity index (χ4n) is 1.87. The van der Waals surface area contributed by atoms with Crippen LogP contribution in [0.4, 0.5) is 0 Å².